The largest absolute Gasteiger partial charge is 1.00 e. The van der Waals surface area contributed by atoms with Crippen molar-refractivity contribution < 1.29 is 28.8 Å². The standard InChI is InChI=1S/C24H49NO2.Li/c1-4-7-10-13-15-18-21-25(22-19-16-14-11-8-5-2)23(24(26)27)20-17-12-9-6-3;/h23H,4-22H2,1-3H3,(H,26,27);/q;+1/p-1. The molecule has 0 aliphatic carbocycles. The van der Waals surface area contributed by atoms with Crippen LogP contribution >= 0.6 is 0 Å². The van der Waals surface area contributed by atoms with Crippen LogP contribution in [-0.4, -0.2) is 30.0 Å². The molecule has 0 saturated carbocycles. The van der Waals surface area contributed by atoms with Crippen LogP contribution in [0.4, 0.5) is 0 Å². The Bertz CT molecular complexity index is 310. The van der Waals surface area contributed by atoms with E-state index in [2.05, 4.69) is 25.7 Å². The predicted molar refractivity (Wildman–Crippen MR) is 116 cm³/mol. The number of carbonyl (C=O) groups is 1. The van der Waals surface area contributed by atoms with Gasteiger partial charge < -0.3 is 9.90 Å². The van der Waals surface area contributed by atoms with Gasteiger partial charge in [-0.3, -0.25) is 4.90 Å². The van der Waals surface area contributed by atoms with Crippen LogP contribution in [0.1, 0.15) is 130 Å². The first-order chi connectivity index (χ1) is 13.2. The average molecular weight is 390 g/mol. The van der Waals surface area contributed by atoms with E-state index in [-0.39, 0.29) is 24.9 Å². The third-order valence-corrected chi connectivity index (χ3v) is 5.64. The maximum atomic E-state index is 11.8. The van der Waals surface area contributed by atoms with Crippen molar-refractivity contribution in [3.8, 4) is 0 Å². The molecule has 0 radical (unpaired) electrons. The summed E-state index contributed by atoms with van der Waals surface area (Å²) < 4.78 is 0. The molecule has 0 saturated heterocycles. The monoisotopic (exact) mass is 389 g/mol. The van der Waals surface area contributed by atoms with Crippen LogP contribution in [-0.2, 0) is 4.79 Å². The van der Waals surface area contributed by atoms with Gasteiger partial charge in [-0.25, -0.2) is 0 Å². The van der Waals surface area contributed by atoms with E-state index < -0.39 is 5.97 Å². The second kappa shape index (κ2) is 23.3. The summed E-state index contributed by atoms with van der Waals surface area (Å²) in [5, 5.41) is 11.8. The Balaban J connectivity index is 0. The van der Waals surface area contributed by atoms with Crippen molar-refractivity contribution in [2.75, 3.05) is 13.1 Å². The molecular weight excluding hydrogens is 341 g/mol. The molecule has 162 valence electrons. The molecule has 0 aliphatic rings. The number of aliphatic carboxylic acids is 1. The predicted octanol–water partition coefficient (Wildman–Crippen LogP) is 3.10. The summed E-state index contributed by atoms with van der Waals surface area (Å²) in [7, 11) is 0. The Hall–Kier alpha value is 0.0274. The number of rotatable bonds is 21. The van der Waals surface area contributed by atoms with Crippen molar-refractivity contribution >= 4 is 5.97 Å². The van der Waals surface area contributed by atoms with Crippen LogP contribution in [0.2, 0.25) is 0 Å². The van der Waals surface area contributed by atoms with Gasteiger partial charge in [-0.05, 0) is 32.4 Å². The zero-order valence-electron chi connectivity index (χ0n) is 19.8. The van der Waals surface area contributed by atoms with Crippen LogP contribution in [0.15, 0.2) is 0 Å². The van der Waals surface area contributed by atoms with Gasteiger partial charge in [-0.1, -0.05) is 111 Å². The quantitative estimate of drug-likeness (QED) is 0.224. The second-order valence-electron chi connectivity index (χ2n) is 8.26. The molecule has 0 rings (SSSR count). The van der Waals surface area contributed by atoms with Crippen molar-refractivity contribution in [2.45, 2.75) is 136 Å². The molecule has 0 aromatic heterocycles. The van der Waals surface area contributed by atoms with Gasteiger partial charge in [0.1, 0.15) is 0 Å². The van der Waals surface area contributed by atoms with E-state index in [4.69, 9.17) is 0 Å². The zero-order valence-corrected chi connectivity index (χ0v) is 19.8. The maximum absolute atomic E-state index is 11.8. The second-order valence-corrected chi connectivity index (χ2v) is 8.26. The van der Waals surface area contributed by atoms with E-state index in [1.165, 1.54) is 77.0 Å². The fourth-order valence-electron chi connectivity index (χ4n) is 3.83. The number of carbonyl (C=O) groups excluding carboxylic acids is 1. The first kappa shape index (κ1) is 30.2. The molecule has 0 aromatic rings. The molecule has 0 aromatic carbocycles. The Kier molecular flexibility index (Phi) is 25.2. The number of nitrogens with zero attached hydrogens (tertiary/aromatic N) is 1. The molecule has 28 heavy (non-hydrogen) atoms. The smallest absolute Gasteiger partial charge is 0.548 e. The van der Waals surface area contributed by atoms with Crippen molar-refractivity contribution in [3.05, 3.63) is 0 Å². The van der Waals surface area contributed by atoms with Gasteiger partial charge in [0.2, 0.25) is 0 Å². The molecule has 1 atom stereocenters. The minimum atomic E-state index is -0.858. The van der Waals surface area contributed by atoms with Crippen LogP contribution in [0.3, 0.4) is 0 Å². The van der Waals surface area contributed by atoms with E-state index in [1.807, 2.05) is 0 Å². The fourth-order valence-corrected chi connectivity index (χ4v) is 3.83. The fraction of sp³-hybridized carbons (Fsp3) is 0.958. The molecular formula is C24H48LiNO2. The summed E-state index contributed by atoms with van der Waals surface area (Å²) in [6, 6.07) is -0.381. The van der Waals surface area contributed by atoms with Gasteiger partial charge in [0.05, 0.1) is 5.97 Å². The maximum Gasteiger partial charge on any atom is 1.00 e. The van der Waals surface area contributed by atoms with Gasteiger partial charge in [0.25, 0.3) is 0 Å². The van der Waals surface area contributed by atoms with Crippen molar-refractivity contribution in [2.24, 2.45) is 0 Å². The molecule has 0 amide bonds. The van der Waals surface area contributed by atoms with Gasteiger partial charge in [-0.2, -0.15) is 0 Å². The summed E-state index contributed by atoms with van der Waals surface area (Å²) >= 11 is 0. The summed E-state index contributed by atoms with van der Waals surface area (Å²) in [6.07, 6.45) is 20.4. The molecule has 0 aliphatic heterocycles. The number of carboxylic acids is 1. The van der Waals surface area contributed by atoms with E-state index in [1.54, 1.807) is 0 Å². The molecule has 0 heterocycles. The molecule has 1 unspecified atom stereocenters. The molecule has 4 heteroatoms. The summed E-state index contributed by atoms with van der Waals surface area (Å²) in [5.74, 6) is -0.858. The number of carboxylic acid groups (broad SMARTS) is 1. The Labute approximate surface area is 188 Å². The Morgan fingerprint density at radius 2 is 1.00 bits per heavy atom. The molecule has 0 spiro atoms. The minimum Gasteiger partial charge on any atom is -0.548 e. The minimum absolute atomic E-state index is 0. The SMILES string of the molecule is CCCCCCCCN(CCCCCCCC)C(CCCCCC)C(=O)[O-].[Li+]. The molecule has 0 fully saturated rings. The average Bonchev–Trinajstić information content (AvgIpc) is 2.65. The third-order valence-electron chi connectivity index (χ3n) is 5.64. The normalized spacial score (nSPS) is 12.1. The van der Waals surface area contributed by atoms with E-state index in [9.17, 15) is 9.90 Å². The summed E-state index contributed by atoms with van der Waals surface area (Å²) in [4.78, 5) is 14.0. The van der Waals surface area contributed by atoms with Gasteiger partial charge in [0.15, 0.2) is 0 Å². The van der Waals surface area contributed by atoms with Crippen LogP contribution in [0.25, 0.3) is 0 Å². The van der Waals surface area contributed by atoms with Crippen molar-refractivity contribution in [1.82, 2.24) is 4.90 Å². The third kappa shape index (κ3) is 18.1. The van der Waals surface area contributed by atoms with Crippen LogP contribution in [0.5, 0.6) is 0 Å². The van der Waals surface area contributed by atoms with E-state index in [0.717, 1.165) is 45.2 Å². The molecule has 0 bridgehead atoms. The molecule has 0 N–H and O–H groups in total. The van der Waals surface area contributed by atoms with Gasteiger partial charge in [-0.15, -0.1) is 0 Å². The number of hydrogen-bond acceptors (Lipinski definition) is 3. The number of hydrogen-bond donors (Lipinski definition) is 0. The molecule has 3 nitrogen and oxygen atoms in total. The number of unbranched alkanes of at least 4 members (excludes halogenated alkanes) is 13. The summed E-state index contributed by atoms with van der Waals surface area (Å²) in [5.41, 5.74) is 0. The zero-order chi connectivity index (χ0) is 20.2. The van der Waals surface area contributed by atoms with E-state index >= 15 is 0 Å². The Morgan fingerprint density at radius 3 is 1.39 bits per heavy atom. The van der Waals surface area contributed by atoms with Crippen molar-refractivity contribution in [3.63, 3.8) is 0 Å². The first-order valence-electron chi connectivity index (χ1n) is 12.1. The van der Waals surface area contributed by atoms with Crippen LogP contribution < -0.4 is 24.0 Å². The summed E-state index contributed by atoms with van der Waals surface area (Å²) in [6.45, 7) is 8.52. The van der Waals surface area contributed by atoms with Gasteiger partial charge in [0, 0.05) is 6.04 Å². The van der Waals surface area contributed by atoms with Gasteiger partial charge >= 0.3 is 18.9 Å². The Morgan fingerprint density at radius 1 is 0.643 bits per heavy atom. The van der Waals surface area contributed by atoms with Crippen LogP contribution in [0, 0.1) is 0 Å². The topological polar surface area (TPSA) is 43.4 Å². The van der Waals surface area contributed by atoms with E-state index in [0.29, 0.717) is 0 Å². The first-order valence-corrected chi connectivity index (χ1v) is 12.1. The van der Waals surface area contributed by atoms with Crippen molar-refractivity contribution in [1.29, 1.82) is 0 Å².